The number of carboxylic acid groups (broad SMARTS) is 1. The summed E-state index contributed by atoms with van der Waals surface area (Å²) in [5.41, 5.74) is 4.92. The first-order chi connectivity index (χ1) is 10.5. The highest BCUT2D eigenvalue weighted by molar-refractivity contribution is 5.66. The topological polar surface area (TPSA) is 127 Å². The van der Waals surface area contributed by atoms with Gasteiger partial charge in [0.1, 0.15) is 17.3 Å². The van der Waals surface area contributed by atoms with Gasteiger partial charge in [-0.25, -0.2) is 15.2 Å². The first-order valence-electron chi connectivity index (χ1n) is 6.09. The van der Waals surface area contributed by atoms with Crippen molar-refractivity contribution < 1.29 is 19.6 Å². The summed E-state index contributed by atoms with van der Waals surface area (Å²) in [6.45, 7) is 1.69. The number of benzene rings is 1. The van der Waals surface area contributed by atoms with E-state index < -0.39 is 11.0 Å². The van der Waals surface area contributed by atoms with E-state index in [2.05, 4.69) is 10.4 Å². The van der Waals surface area contributed by atoms with Gasteiger partial charge in [0.25, 0.3) is 5.69 Å². The molecule has 0 aliphatic carbocycles. The molecular weight excluding hydrogens is 292 g/mol. The molecule has 0 saturated carbocycles. The van der Waals surface area contributed by atoms with Crippen molar-refractivity contribution in [2.45, 2.75) is 6.92 Å². The number of hydrogen-bond donors (Lipinski definition) is 3. The van der Waals surface area contributed by atoms with Crippen molar-refractivity contribution in [3.8, 4) is 11.5 Å². The summed E-state index contributed by atoms with van der Waals surface area (Å²) >= 11 is 0. The smallest absolute Gasteiger partial charge is 0.423 e. The number of hydrazine groups is 1. The molecule has 2 rings (SSSR count). The molecule has 0 unspecified atom stereocenters. The molecule has 1 aromatic carbocycles. The molecule has 0 bridgehead atoms. The highest BCUT2D eigenvalue weighted by Crippen LogP contribution is 2.28. The lowest BCUT2D eigenvalue weighted by Crippen LogP contribution is -2.27. The van der Waals surface area contributed by atoms with Gasteiger partial charge >= 0.3 is 6.09 Å². The molecular formula is C13H12N4O5. The Balaban J connectivity index is 2.15. The van der Waals surface area contributed by atoms with Crippen molar-refractivity contribution in [1.29, 1.82) is 0 Å². The van der Waals surface area contributed by atoms with Gasteiger partial charge in [0.15, 0.2) is 0 Å². The van der Waals surface area contributed by atoms with E-state index in [1.54, 1.807) is 13.0 Å². The Morgan fingerprint density at radius 1 is 1.36 bits per heavy atom. The number of ether oxygens (including phenoxy) is 1. The van der Waals surface area contributed by atoms with Gasteiger partial charge in [-0.2, -0.15) is 0 Å². The normalized spacial score (nSPS) is 9.86. The largest absolute Gasteiger partial charge is 0.464 e. The van der Waals surface area contributed by atoms with Gasteiger partial charge in [-0.15, -0.1) is 0 Å². The van der Waals surface area contributed by atoms with Crippen LogP contribution in [0.5, 0.6) is 11.5 Å². The maximum absolute atomic E-state index is 10.7. The number of aryl methyl sites for hydroxylation is 1. The Labute approximate surface area is 124 Å². The highest BCUT2D eigenvalue weighted by atomic mass is 16.6. The molecule has 0 atom stereocenters. The molecule has 0 spiro atoms. The van der Waals surface area contributed by atoms with Gasteiger partial charge in [-0.3, -0.25) is 15.5 Å². The Kier molecular flexibility index (Phi) is 4.37. The monoisotopic (exact) mass is 304 g/mol. The van der Waals surface area contributed by atoms with Crippen LogP contribution in [0.2, 0.25) is 0 Å². The van der Waals surface area contributed by atoms with E-state index >= 15 is 0 Å². The van der Waals surface area contributed by atoms with Gasteiger partial charge in [0.2, 0.25) is 0 Å². The van der Waals surface area contributed by atoms with Crippen molar-refractivity contribution in [1.82, 2.24) is 10.4 Å². The first-order valence-corrected chi connectivity index (χ1v) is 6.09. The molecule has 9 heteroatoms. The summed E-state index contributed by atoms with van der Waals surface area (Å²) in [4.78, 5) is 24.5. The van der Waals surface area contributed by atoms with Gasteiger partial charge in [-0.1, -0.05) is 0 Å². The molecule has 0 aliphatic rings. The second kappa shape index (κ2) is 6.39. The average molecular weight is 304 g/mol. The van der Waals surface area contributed by atoms with Crippen LogP contribution in [0.25, 0.3) is 0 Å². The minimum atomic E-state index is -1.25. The maximum Gasteiger partial charge on any atom is 0.423 e. The molecule has 114 valence electrons. The maximum atomic E-state index is 10.7. The summed E-state index contributed by atoms with van der Waals surface area (Å²) in [6, 6.07) is 7.30. The predicted molar refractivity (Wildman–Crippen MR) is 76.9 cm³/mol. The number of nitro groups is 1. The van der Waals surface area contributed by atoms with Crippen molar-refractivity contribution in [2.75, 3.05) is 5.43 Å². The number of nitro benzene ring substituents is 1. The summed E-state index contributed by atoms with van der Waals surface area (Å²) in [7, 11) is 0. The van der Waals surface area contributed by atoms with Crippen LogP contribution >= 0.6 is 0 Å². The third-order valence-electron chi connectivity index (χ3n) is 2.63. The van der Waals surface area contributed by atoms with Crippen molar-refractivity contribution in [3.63, 3.8) is 0 Å². The Morgan fingerprint density at radius 3 is 2.77 bits per heavy atom. The molecule has 0 aliphatic heterocycles. The first kappa shape index (κ1) is 15.0. The zero-order chi connectivity index (χ0) is 16.1. The summed E-state index contributed by atoms with van der Waals surface area (Å²) in [5.74, 6) is 1.11. The summed E-state index contributed by atoms with van der Waals surface area (Å²) in [6.07, 6.45) is 0.182. The van der Waals surface area contributed by atoms with E-state index in [4.69, 9.17) is 9.84 Å². The van der Waals surface area contributed by atoms with E-state index in [0.29, 0.717) is 17.1 Å². The van der Waals surface area contributed by atoms with Crippen LogP contribution in [-0.2, 0) is 0 Å². The molecule has 9 nitrogen and oxygen atoms in total. The van der Waals surface area contributed by atoms with Crippen LogP contribution in [0.4, 0.5) is 16.3 Å². The van der Waals surface area contributed by atoms with Crippen LogP contribution < -0.4 is 15.6 Å². The fraction of sp³-hybridized carbons (Fsp3) is 0.0769. The molecule has 0 fully saturated rings. The predicted octanol–water partition coefficient (Wildman–Crippen LogP) is 2.69. The minimum Gasteiger partial charge on any atom is -0.464 e. The Bertz CT molecular complexity index is 719. The zero-order valence-corrected chi connectivity index (χ0v) is 11.4. The molecule has 3 N–H and O–H groups in total. The number of anilines is 1. The fourth-order valence-electron chi connectivity index (χ4n) is 1.65. The van der Waals surface area contributed by atoms with E-state index in [9.17, 15) is 14.9 Å². The van der Waals surface area contributed by atoms with Crippen LogP contribution in [0.15, 0.2) is 36.5 Å². The molecule has 0 saturated heterocycles. The van der Waals surface area contributed by atoms with Gasteiger partial charge < -0.3 is 9.84 Å². The average Bonchev–Trinajstić information content (AvgIpc) is 2.47. The van der Waals surface area contributed by atoms with Crippen LogP contribution in [0.1, 0.15) is 5.56 Å². The van der Waals surface area contributed by atoms with Crippen LogP contribution in [-0.4, -0.2) is 21.1 Å². The molecule has 1 amide bonds. The van der Waals surface area contributed by atoms with Crippen LogP contribution in [0.3, 0.4) is 0 Å². The van der Waals surface area contributed by atoms with E-state index in [0.717, 1.165) is 0 Å². The lowest BCUT2D eigenvalue weighted by molar-refractivity contribution is -0.384. The highest BCUT2D eigenvalue weighted by Gasteiger charge is 2.10. The second-order valence-electron chi connectivity index (χ2n) is 4.24. The number of nitrogens with zero attached hydrogens (tertiary/aromatic N) is 2. The molecule has 1 heterocycles. The molecule has 0 radical (unpaired) electrons. The number of carbonyl (C=O) groups is 1. The van der Waals surface area contributed by atoms with E-state index in [1.165, 1.54) is 30.5 Å². The quantitative estimate of drug-likeness (QED) is 0.572. The van der Waals surface area contributed by atoms with Crippen LogP contribution in [0, 0.1) is 17.0 Å². The number of amides is 1. The third-order valence-corrected chi connectivity index (χ3v) is 2.63. The van der Waals surface area contributed by atoms with Gasteiger partial charge in [-0.05, 0) is 24.6 Å². The molecule has 2 aromatic rings. The SMILES string of the molecule is Cc1cc([N+](=O)[O-])ccc1Oc1ccnc(NNC(=O)O)c1. The fourth-order valence-corrected chi connectivity index (χ4v) is 1.65. The third kappa shape index (κ3) is 3.82. The standard InChI is InChI=1S/C13H12N4O5/c1-8-6-9(17(20)21)2-3-11(8)22-10-4-5-14-12(7-10)15-16-13(18)19/h2-7,16H,1H3,(H,14,15)(H,18,19). The number of hydrogen-bond acceptors (Lipinski definition) is 6. The summed E-state index contributed by atoms with van der Waals surface area (Å²) < 4.78 is 5.61. The Morgan fingerprint density at radius 2 is 2.14 bits per heavy atom. The second-order valence-corrected chi connectivity index (χ2v) is 4.24. The minimum absolute atomic E-state index is 0.0207. The number of nitrogens with one attached hydrogen (secondary N) is 2. The number of rotatable bonds is 5. The van der Waals surface area contributed by atoms with E-state index in [-0.39, 0.29) is 11.5 Å². The number of aromatic nitrogens is 1. The van der Waals surface area contributed by atoms with Crippen molar-refractivity contribution in [3.05, 3.63) is 52.2 Å². The lowest BCUT2D eigenvalue weighted by Gasteiger charge is -2.10. The number of non-ortho nitro benzene ring substituents is 1. The number of pyridine rings is 1. The molecule has 22 heavy (non-hydrogen) atoms. The van der Waals surface area contributed by atoms with Gasteiger partial charge in [0.05, 0.1) is 4.92 Å². The summed E-state index contributed by atoms with van der Waals surface area (Å²) in [5, 5.41) is 19.2. The van der Waals surface area contributed by atoms with E-state index in [1.807, 2.05) is 5.43 Å². The van der Waals surface area contributed by atoms with Gasteiger partial charge in [0, 0.05) is 24.4 Å². The zero-order valence-electron chi connectivity index (χ0n) is 11.4. The van der Waals surface area contributed by atoms with Crippen molar-refractivity contribution in [2.24, 2.45) is 0 Å². The van der Waals surface area contributed by atoms with Crippen molar-refractivity contribution >= 4 is 17.6 Å². The molecule has 1 aromatic heterocycles. The lowest BCUT2D eigenvalue weighted by atomic mass is 10.2. The Hall–Kier alpha value is -3.36.